The molecule has 122 valence electrons. The van der Waals surface area contributed by atoms with Crippen LogP contribution in [0.3, 0.4) is 0 Å². The molecule has 1 atom stereocenters. The van der Waals surface area contributed by atoms with Gasteiger partial charge in [-0.2, -0.15) is 0 Å². The predicted octanol–water partition coefficient (Wildman–Crippen LogP) is 3.95. The van der Waals surface area contributed by atoms with Gasteiger partial charge in [0.2, 0.25) is 6.79 Å². The van der Waals surface area contributed by atoms with Gasteiger partial charge in [-0.25, -0.2) is 0 Å². The van der Waals surface area contributed by atoms with Crippen molar-refractivity contribution in [2.24, 2.45) is 0 Å². The van der Waals surface area contributed by atoms with E-state index in [4.69, 9.17) is 14.2 Å². The van der Waals surface area contributed by atoms with Gasteiger partial charge in [0.25, 0.3) is 0 Å². The van der Waals surface area contributed by atoms with Crippen molar-refractivity contribution in [1.82, 2.24) is 0 Å². The molecule has 0 amide bonds. The van der Waals surface area contributed by atoms with Crippen molar-refractivity contribution in [3.05, 3.63) is 59.7 Å². The highest BCUT2D eigenvalue weighted by molar-refractivity contribution is 5.99. The molecule has 4 rings (SSSR count). The van der Waals surface area contributed by atoms with E-state index in [-0.39, 0.29) is 18.5 Å². The van der Waals surface area contributed by atoms with Crippen LogP contribution in [0.2, 0.25) is 0 Å². The summed E-state index contributed by atoms with van der Waals surface area (Å²) in [5.41, 5.74) is 3.25. The second-order valence-corrected chi connectivity index (χ2v) is 6.08. The first-order valence-corrected chi connectivity index (χ1v) is 8.00. The fourth-order valence-corrected chi connectivity index (χ4v) is 3.30. The molecule has 0 aromatic heterocycles. The highest BCUT2D eigenvalue weighted by atomic mass is 16.7. The van der Waals surface area contributed by atoms with Crippen LogP contribution in [0.15, 0.2) is 48.5 Å². The van der Waals surface area contributed by atoms with Crippen molar-refractivity contribution in [2.45, 2.75) is 18.8 Å². The minimum Gasteiger partial charge on any atom is -0.497 e. The Kier molecular flexibility index (Phi) is 3.73. The lowest BCUT2D eigenvalue weighted by Gasteiger charge is -2.23. The van der Waals surface area contributed by atoms with Crippen LogP contribution < -0.4 is 14.2 Å². The smallest absolute Gasteiger partial charge is 0.231 e. The van der Waals surface area contributed by atoms with Crippen molar-refractivity contribution >= 4 is 11.4 Å². The lowest BCUT2D eigenvalue weighted by molar-refractivity contribution is -0.115. The second kappa shape index (κ2) is 6.04. The van der Waals surface area contributed by atoms with Crippen molar-refractivity contribution in [3.8, 4) is 17.2 Å². The van der Waals surface area contributed by atoms with Gasteiger partial charge in [-0.15, -0.1) is 0 Å². The Labute approximate surface area is 140 Å². The van der Waals surface area contributed by atoms with Crippen LogP contribution in [0.4, 0.5) is 0 Å². The maximum absolute atomic E-state index is 12.2. The Hall–Kier alpha value is -2.75. The van der Waals surface area contributed by atoms with Crippen molar-refractivity contribution < 1.29 is 19.0 Å². The van der Waals surface area contributed by atoms with Gasteiger partial charge in [-0.3, -0.25) is 4.79 Å². The van der Waals surface area contributed by atoms with E-state index >= 15 is 0 Å². The van der Waals surface area contributed by atoms with Gasteiger partial charge >= 0.3 is 0 Å². The first-order chi connectivity index (χ1) is 11.7. The first-order valence-electron chi connectivity index (χ1n) is 8.00. The fourth-order valence-electron chi connectivity index (χ4n) is 3.30. The van der Waals surface area contributed by atoms with Crippen LogP contribution in [0.25, 0.3) is 5.57 Å². The number of benzene rings is 2. The van der Waals surface area contributed by atoms with Gasteiger partial charge in [0.05, 0.1) is 7.11 Å². The summed E-state index contributed by atoms with van der Waals surface area (Å²) in [7, 11) is 1.65. The Morgan fingerprint density at radius 1 is 1.00 bits per heavy atom. The molecule has 2 aromatic rings. The van der Waals surface area contributed by atoms with Crippen LogP contribution >= 0.6 is 0 Å². The zero-order valence-corrected chi connectivity index (χ0v) is 13.5. The van der Waals surface area contributed by atoms with Crippen LogP contribution in [-0.2, 0) is 4.79 Å². The van der Waals surface area contributed by atoms with Gasteiger partial charge < -0.3 is 14.2 Å². The first kappa shape index (κ1) is 14.8. The number of allylic oxidation sites excluding steroid dienone is 2. The van der Waals surface area contributed by atoms with Crippen LogP contribution in [-0.4, -0.2) is 19.7 Å². The summed E-state index contributed by atoms with van der Waals surface area (Å²) in [5, 5.41) is 0. The highest BCUT2D eigenvalue weighted by Crippen LogP contribution is 2.40. The third kappa shape index (κ3) is 2.75. The summed E-state index contributed by atoms with van der Waals surface area (Å²) in [6, 6.07) is 13.8. The minimum atomic E-state index is 0.161. The zero-order valence-electron chi connectivity index (χ0n) is 13.5. The summed E-state index contributed by atoms with van der Waals surface area (Å²) in [6.07, 6.45) is 3.13. The molecular formula is C20H18O4. The number of carbonyl (C=O) groups is 1. The fraction of sp³-hybridized carbons (Fsp3) is 0.250. The topological polar surface area (TPSA) is 44.8 Å². The lowest BCUT2D eigenvalue weighted by Crippen LogP contribution is -2.12. The van der Waals surface area contributed by atoms with Crippen LogP contribution in [0, 0.1) is 0 Å². The Morgan fingerprint density at radius 2 is 1.79 bits per heavy atom. The maximum Gasteiger partial charge on any atom is 0.231 e. The van der Waals surface area contributed by atoms with Crippen LogP contribution in [0.5, 0.6) is 17.2 Å². The molecule has 1 heterocycles. The molecule has 1 aliphatic carbocycles. The Morgan fingerprint density at radius 3 is 2.58 bits per heavy atom. The van der Waals surface area contributed by atoms with E-state index in [9.17, 15) is 4.79 Å². The van der Waals surface area contributed by atoms with E-state index in [2.05, 4.69) is 0 Å². The second-order valence-electron chi connectivity index (χ2n) is 6.08. The Bertz CT molecular complexity index is 805. The van der Waals surface area contributed by atoms with Gasteiger partial charge in [-0.1, -0.05) is 18.2 Å². The van der Waals surface area contributed by atoms with E-state index in [1.165, 1.54) is 0 Å². The molecular weight excluding hydrogens is 304 g/mol. The molecule has 4 nitrogen and oxygen atoms in total. The molecule has 0 fully saturated rings. The minimum absolute atomic E-state index is 0.161. The van der Waals surface area contributed by atoms with E-state index < -0.39 is 0 Å². The van der Waals surface area contributed by atoms with Gasteiger partial charge in [0.15, 0.2) is 17.3 Å². The molecule has 0 saturated carbocycles. The summed E-state index contributed by atoms with van der Waals surface area (Å²) in [6.45, 7) is 0.263. The van der Waals surface area contributed by atoms with Crippen molar-refractivity contribution in [1.29, 1.82) is 0 Å². The number of fused-ring (bicyclic) bond motifs is 1. The summed E-state index contributed by atoms with van der Waals surface area (Å²) in [5.74, 6) is 2.67. The molecule has 2 aliphatic rings. The third-order valence-electron chi connectivity index (χ3n) is 4.58. The Balaban J connectivity index is 1.60. The molecule has 0 radical (unpaired) electrons. The van der Waals surface area contributed by atoms with E-state index in [0.29, 0.717) is 6.42 Å². The van der Waals surface area contributed by atoms with Gasteiger partial charge in [0, 0.05) is 6.42 Å². The number of hydrogen-bond acceptors (Lipinski definition) is 4. The number of methoxy groups -OCH3 is 1. The largest absolute Gasteiger partial charge is 0.497 e. The van der Waals surface area contributed by atoms with Crippen molar-refractivity contribution in [2.75, 3.05) is 13.9 Å². The predicted molar refractivity (Wildman–Crippen MR) is 90.5 cm³/mol. The number of rotatable bonds is 3. The average Bonchev–Trinajstić information content (AvgIpc) is 3.09. The monoisotopic (exact) mass is 322 g/mol. The zero-order chi connectivity index (χ0) is 16.5. The van der Waals surface area contributed by atoms with Crippen molar-refractivity contribution in [3.63, 3.8) is 0 Å². The average molecular weight is 322 g/mol. The van der Waals surface area contributed by atoms with Gasteiger partial charge in [0.1, 0.15) is 5.75 Å². The SMILES string of the molecule is COc1ccc(C2=CC(=O)C[C@H](c3ccc4c(c3)OCO4)C2)cc1. The lowest BCUT2D eigenvalue weighted by atomic mass is 9.81. The summed E-state index contributed by atoms with van der Waals surface area (Å²) in [4.78, 5) is 12.2. The molecule has 0 unspecified atom stereocenters. The normalized spacial score (nSPS) is 19.1. The quantitative estimate of drug-likeness (QED) is 0.858. The molecule has 1 aliphatic heterocycles. The van der Waals surface area contributed by atoms with E-state index in [0.717, 1.165) is 40.4 Å². The standard InChI is InChI=1S/C20H18O4/c1-22-18-5-2-13(3-6-18)15-8-16(10-17(21)9-15)14-4-7-19-20(11-14)24-12-23-19/h2-7,9,11,16H,8,10,12H2,1H3/t16-/m1/s1. The molecule has 0 spiro atoms. The molecule has 0 N–H and O–H groups in total. The summed E-state index contributed by atoms with van der Waals surface area (Å²) < 4.78 is 16.0. The molecule has 4 heteroatoms. The molecule has 0 saturated heterocycles. The molecule has 2 aromatic carbocycles. The highest BCUT2D eigenvalue weighted by Gasteiger charge is 2.25. The number of hydrogen-bond donors (Lipinski definition) is 0. The maximum atomic E-state index is 12.2. The van der Waals surface area contributed by atoms with Gasteiger partial charge in [-0.05, 0) is 59.4 Å². The molecule has 24 heavy (non-hydrogen) atoms. The number of carbonyl (C=O) groups excluding carboxylic acids is 1. The number of ketones is 1. The van der Waals surface area contributed by atoms with E-state index in [1.54, 1.807) is 13.2 Å². The van der Waals surface area contributed by atoms with E-state index in [1.807, 2.05) is 42.5 Å². The number of ether oxygens (including phenoxy) is 3. The molecule has 0 bridgehead atoms. The summed E-state index contributed by atoms with van der Waals surface area (Å²) >= 11 is 0. The van der Waals surface area contributed by atoms with Crippen LogP contribution in [0.1, 0.15) is 29.9 Å². The third-order valence-corrected chi connectivity index (χ3v) is 4.58.